The van der Waals surface area contributed by atoms with E-state index in [0.717, 1.165) is 39.0 Å². The minimum atomic E-state index is 0.168. The standard InChI is InChI=1S/C16H27N3O/c1-3-15(17)16(13-5-9-18-10-6-13)19-11-7-14(8-12-19)20-4-2/h5-6,9-10,14-16H,3-4,7-8,11-12,17H2,1-2H3. The van der Waals surface area contributed by atoms with Gasteiger partial charge in [0.25, 0.3) is 0 Å². The lowest BCUT2D eigenvalue weighted by Gasteiger charge is -2.40. The van der Waals surface area contributed by atoms with Gasteiger partial charge in [0.15, 0.2) is 0 Å². The zero-order valence-electron chi connectivity index (χ0n) is 12.7. The summed E-state index contributed by atoms with van der Waals surface area (Å²) in [6.45, 7) is 7.16. The number of piperidine rings is 1. The van der Waals surface area contributed by atoms with Crippen LogP contribution in [0.4, 0.5) is 0 Å². The molecule has 2 N–H and O–H groups in total. The molecule has 2 unspecified atom stereocenters. The highest BCUT2D eigenvalue weighted by Gasteiger charge is 2.29. The van der Waals surface area contributed by atoms with Crippen LogP contribution in [0.2, 0.25) is 0 Å². The van der Waals surface area contributed by atoms with Gasteiger partial charge in [-0.15, -0.1) is 0 Å². The number of likely N-dealkylation sites (tertiary alicyclic amines) is 1. The summed E-state index contributed by atoms with van der Waals surface area (Å²) in [6.07, 6.45) is 7.33. The number of nitrogens with zero attached hydrogens (tertiary/aromatic N) is 2. The van der Waals surface area contributed by atoms with Crippen molar-refractivity contribution < 1.29 is 4.74 Å². The summed E-state index contributed by atoms with van der Waals surface area (Å²) < 4.78 is 5.74. The molecule has 0 saturated carbocycles. The second-order valence-corrected chi connectivity index (χ2v) is 5.49. The molecule has 0 aliphatic carbocycles. The number of nitrogens with two attached hydrogens (primary N) is 1. The molecule has 1 aliphatic heterocycles. The zero-order valence-corrected chi connectivity index (χ0v) is 12.7. The number of hydrogen-bond donors (Lipinski definition) is 1. The quantitative estimate of drug-likeness (QED) is 0.867. The van der Waals surface area contributed by atoms with E-state index in [9.17, 15) is 0 Å². The van der Waals surface area contributed by atoms with Crippen molar-refractivity contribution in [2.45, 2.75) is 51.3 Å². The zero-order chi connectivity index (χ0) is 14.4. The second kappa shape index (κ2) is 7.72. The molecular weight excluding hydrogens is 250 g/mol. The van der Waals surface area contributed by atoms with Gasteiger partial charge < -0.3 is 10.5 Å². The Kier molecular flexibility index (Phi) is 5.95. The minimum Gasteiger partial charge on any atom is -0.378 e. The first-order chi connectivity index (χ1) is 9.76. The molecular formula is C16H27N3O. The van der Waals surface area contributed by atoms with Crippen molar-refractivity contribution in [1.29, 1.82) is 0 Å². The largest absolute Gasteiger partial charge is 0.378 e. The van der Waals surface area contributed by atoms with E-state index in [-0.39, 0.29) is 6.04 Å². The van der Waals surface area contributed by atoms with Gasteiger partial charge in [-0.2, -0.15) is 0 Å². The molecule has 0 spiro atoms. The molecule has 20 heavy (non-hydrogen) atoms. The Bertz CT molecular complexity index is 377. The Balaban J connectivity index is 2.05. The van der Waals surface area contributed by atoms with Crippen LogP contribution in [-0.2, 0) is 4.74 Å². The topological polar surface area (TPSA) is 51.4 Å². The van der Waals surface area contributed by atoms with Gasteiger partial charge in [0.1, 0.15) is 0 Å². The Morgan fingerprint density at radius 2 is 1.95 bits per heavy atom. The molecule has 4 heteroatoms. The smallest absolute Gasteiger partial charge is 0.0599 e. The lowest BCUT2D eigenvalue weighted by molar-refractivity contribution is 0.000337. The average Bonchev–Trinajstić information content (AvgIpc) is 2.50. The first-order valence-electron chi connectivity index (χ1n) is 7.77. The Labute approximate surface area is 122 Å². The van der Waals surface area contributed by atoms with Gasteiger partial charge in [-0.05, 0) is 43.9 Å². The first kappa shape index (κ1) is 15.4. The predicted molar refractivity (Wildman–Crippen MR) is 81.5 cm³/mol. The molecule has 0 bridgehead atoms. The molecule has 1 aromatic rings. The maximum atomic E-state index is 6.38. The summed E-state index contributed by atoms with van der Waals surface area (Å²) in [5.41, 5.74) is 7.66. The maximum absolute atomic E-state index is 6.38. The highest BCUT2D eigenvalue weighted by atomic mass is 16.5. The molecule has 1 saturated heterocycles. The van der Waals surface area contributed by atoms with Gasteiger partial charge in [0, 0.05) is 44.2 Å². The van der Waals surface area contributed by atoms with Crippen LogP contribution in [0, 0.1) is 0 Å². The molecule has 4 nitrogen and oxygen atoms in total. The van der Waals surface area contributed by atoms with Crippen molar-refractivity contribution >= 4 is 0 Å². The van der Waals surface area contributed by atoms with E-state index in [4.69, 9.17) is 10.5 Å². The molecule has 1 aliphatic rings. The van der Waals surface area contributed by atoms with E-state index in [2.05, 4.69) is 35.9 Å². The van der Waals surface area contributed by atoms with Crippen LogP contribution in [0.3, 0.4) is 0 Å². The van der Waals surface area contributed by atoms with E-state index in [0.29, 0.717) is 12.1 Å². The van der Waals surface area contributed by atoms with Crippen LogP contribution in [0.5, 0.6) is 0 Å². The summed E-state index contributed by atoms with van der Waals surface area (Å²) in [6, 6.07) is 4.65. The van der Waals surface area contributed by atoms with Gasteiger partial charge in [0.05, 0.1) is 6.10 Å². The van der Waals surface area contributed by atoms with Crippen molar-refractivity contribution in [1.82, 2.24) is 9.88 Å². The van der Waals surface area contributed by atoms with Gasteiger partial charge in [0.2, 0.25) is 0 Å². The number of hydrogen-bond acceptors (Lipinski definition) is 4. The summed E-state index contributed by atoms with van der Waals surface area (Å²) >= 11 is 0. The van der Waals surface area contributed by atoms with Crippen LogP contribution in [0.1, 0.15) is 44.7 Å². The fourth-order valence-corrected chi connectivity index (χ4v) is 3.07. The molecule has 0 amide bonds. The second-order valence-electron chi connectivity index (χ2n) is 5.49. The van der Waals surface area contributed by atoms with Gasteiger partial charge in [-0.25, -0.2) is 0 Å². The normalized spacial score (nSPS) is 20.8. The number of pyridine rings is 1. The van der Waals surface area contributed by atoms with Gasteiger partial charge in [-0.1, -0.05) is 6.92 Å². The first-order valence-corrected chi connectivity index (χ1v) is 7.77. The van der Waals surface area contributed by atoms with Crippen molar-refractivity contribution in [2.24, 2.45) is 5.73 Å². The van der Waals surface area contributed by atoms with Crippen LogP contribution < -0.4 is 5.73 Å². The fraction of sp³-hybridized carbons (Fsp3) is 0.688. The number of ether oxygens (including phenoxy) is 1. The third-order valence-electron chi connectivity index (χ3n) is 4.20. The summed E-state index contributed by atoms with van der Waals surface area (Å²) in [5, 5.41) is 0. The molecule has 1 fully saturated rings. The van der Waals surface area contributed by atoms with E-state index in [1.165, 1.54) is 5.56 Å². The van der Waals surface area contributed by atoms with Crippen LogP contribution in [0.25, 0.3) is 0 Å². The van der Waals surface area contributed by atoms with Gasteiger partial charge >= 0.3 is 0 Å². The molecule has 2 heterocycles. The monoisotopic (exact) mass is 277 g/mol. The molecule has 0 radical (unpaired) electrons. The van der Waals surface area contributed by atoms with Crippen LogP contribution >= 0.6 is 0 Å². The Morgan fingerprint density at radius 1 is 1.30 bits per heavy atom. The molecule has 1 aromatic heterocycles. The summed E-state index contributed by atoms with van der Waals surface area (Å²) in [4.78, 5) is 6.63. The third-order valence-corrected chi connectivity index (χ3v) is 4.20. The van der Waals surface area contributed by atoms with Crippen LogP contribution in [0.15, 0.2) is 24.5 Å². The number of aromatic nitrogens is 1. The lowest BCUT2D eigenvalue weighted by atomic mass is 9.94. The summed E-state index contributed by atoms with van der Waals surface area (Å²) in [7, 11) is 0. The van der Waals surface area contributed by atoms with Crippen molar-refractivity contribution in [3.63, 3.8) is 0 Å². The summed E-state index contributed by atoms with van der Waals surface area (Å²) in [5.74, 6) is 0. The number of rotatable bonds is 6. The lowest BCUT2D eigenvalue weighted by Crippen LogP contribution is -2.46. The maximum Gasteiger partial charge on any atom is 0.0599 e. The molecule has 2 rings (SSSR count). The van der Waals surface area contributed by atoms with E-state index in [1.807, 2.05) is 12.4 Å². The van der Waals surface area contributed by atoms with Gasteiger partial charge in [-0.3, -0.25) is 9.88 Å². The molecule has 0 aromatic carbocycles. The van der Waals surface area contributed by atoms with E-state index >= 15 is 0 Å². The molecule has 2 atom stereocenters. The highest BCUT2D eigenvalue weighted by Crippen LogP contribution is 2.28. The highest BCUT2D eigenvalue weighted by molar-refractivity contribution is 5.17. The Morgan fingerprint density at radius 3 is 2.50 bits per heavy atom. The van der Waals surface area contributed by atoms with Crippen LogP contribution in [-0.4, -0.2) is 41.7 Å². The van der Waals surface area contributed by atoms with E-state index in [1.54, 1.807) is 0 Å². The molecule has 112 valence electrons. The average molecular weight is 277 g/mol. The Hall–Kier alpha value is -0.970. The minimum absolute atomic E-state index is 0.168. The fourth-order valence-electron chi connectivity index (χ4n) is 3.07. The van der Waals surface area contributed by atoms with Crippen molar-refractivity contribution in [3.8, 4) is 0 Å². The predicted octanol–water partition coefficient (Wildman–Crippen LogP) is 2.36. The van der Waals surface area contributed by atoms with E-state index < -0.39 is 0 Å². The SMILES string of the molecule is CCOC1CCN(C(c2ccncc2)C(N)CC)CC1. The van der Waals surface area contributed by atoms with Crippen molar-refractivity contribution in [3.05, 3.63) is 30.1 Å². The third kappa shape index (κ3) is 3.78. The van der Waals surface area contributed by atoms with Crippen molar-refractivity contribution in [2.75, 3.05) is 19.7 Å².